The molecule has 1 N–H and O–H groups in total. The summed E-state index contributed by atoms with van der Waals surface area (Å²) in [4.78, 5) is 14.5. The average Bonchev–Trinajstić information content (AvgIpc) is 2.73. The molecule has 1 fully saturated rings. The molecule has 3 rings (SSSR count). The van der Waals surface area contributed by atoms with E-state index < -0.39 is 11.3 Å². The molecule has 6 heteroatoms. The molecule has 1 unspecified atom stereocenters. The van der Waals surface area contributed by atoms with E-state index in [1.54, 1.807) is 4.90 Å². The van der Waals surface area contributed by atoms with Gasteiger partial charge in [0.1, 0.15) is 0 Å². The standard InChI is InChI=1S/C22H28N2O3S/c1-23(28(26)27)17-22(25)24(21-10-6-3-7-11-21)16-18-12-14-20(15-13-18)19-8-4-2-5-9-19/h3,6-7,10-15,19H,2,4-5,8-9,16-17H2,1H3,(H,26,27). The average molecular weight is 401 g/mol. The second-order valence-electron chi connectivity index (χ2n) is 7.41. The number of hydrogen-bond acceptors (Lipinski definition) is 2. The van der Waals surface area contributed by atoms with Crippen molar-refractivity contribution >= 4 is 22.9 Å². The Morgan fingerprint density at radius 2 is 1.68 bits per heavy atom. The van der Waals surface area contributed by atoms with Gasteiger partial charge in [-0.05, 0) is 42.0 Å². The van der Waals surface area contributed by atoms with Crippen LogP contribution in [0.1, 0.15) is 49.1 Å². The van der Waals surface area contributed by atoms with Crippen LogP contribution in [0.2, 0.25) is 0 Å². The maximum absolute atomic E-state index is 12.8. The van der Waals surface area contributed by atoms with Crippen LogP contribution in [-0.2, 0) is 22.6 Å². The Balaban J connectivity index is 1.75. The van der Waals surface area contributed by atoms with Gasteiger partial charge in [0.25, 0.3) is 0 Å². The molecule has 0 radical (unpaired) electrons. The Hall–Kier alpha value is -2.02. The van der Waals surface area contributed by atoms with Crippen molar-refractivity contribution in [3.63, 3.8) is 0 Å². The minimum absolute atomic E-state index is 0.127. The van der Waals surface area contributed by atoms with Crippen LogP contribution in [0, 0.1) is 0 Å². The van der Waals surface area contributed by atoms with Gasteiger partial charge in [-0.3, -0.25) is 9.35 Å². The van der Waals surface area contributed by atoms with Gasteiger partial charge in [-0.15, -0.1) is 0 Å². The molecule has 0 saturated heterocycles. The summed E-state index contributed by atoms with van der Waals surface area (Å²) in [7, 11) is 1.45. The number of carbonyl (C=O) groups excluding carboxylic acids is 1. The number of likely N-dealkylation sites (N-methyl/N-ethyl adjacent to an activating group) is 1. The number of rotatable bonds is 7. The van der Waals surface area contributed by atoms with Crippen LogP contribution in [0.4, 0.5) is 5.69 Å². The summed E-state index contributed by atoms with van der Waals surface area (Å²) < 4.78 is 21.5. The first kappa shape index (κ1) is 20.7. The minimum Gasteiger partial charge on any atom is -0.307 e. The normalized spacial score (nSPS) is 16.1. The van der Waals surface area contributed by atoms with Crippen molar-refractivity contribution in [1.82, 2.24) is 4.31 Å². The van der Waals surface area contributed by atoms with Gasteiger partial charge in [0.2, 0.25) is 17.2 Å². The van der Waals surface area contributed by atoms with Gasteiger partial charge in [0.05, 0.1) is 13.1 Å². The van der Waals surface area contributed by atoms with E-state index in [0.717, 1.165) is 15.6 Å². The van der Waals surface area contributed by atoms with Crippen molar-refractivity contribution in [1.29, 1.82) is 0 Å². The smallest absolute Gasteiger partial charge is 0.242 e. The quantitative estimate of drug-likeness (QED) is 0.704. The van der Waals surface area contributed by atoms with Crippen LogP contribution in [0.15, 0.2) is 54.6 Å². The largest absolute Gasteiger partial charge is 0.307 e. The van der Waals surface area contributed by atoms with Crippen molar-refractivity contribution in [2.24, 2.45) is 0 Å². The Bertz CT molecular complexity index is 789. The SMILES string of the molecule is CN(CC(=O)N(Cc1ccc(C2CCCCC2)cc1)c1ccccc1)S(=O)O. The Labute approximate surface area is 169 Å². The van der Waals surface area contributed by atoms with Crippen LogP contribution in [0.5, 0.6) is 0 Å². The summed E-state index contributed by atoms with van der Waals surface area (Å²) in [5, 5.41) is 0. The molecule has 0 heterocycles. The minimum atomic E-state index is -2.17. The monoisotopic (exact) mass is 400 g/mol. The summed E-state index contributed by atoms with van der Waals surface area (Å²) in [5.74, 6) is 0.440. The Kier molecular flexibility index (Phi) is 7.36. The van der Waals surface area contributed by atoms with E-state index in [4.69, 9.17) is 0 Å². The number of hydrogen-bond donors (Lipinski definition) is 1. The molecule has 28 heavy (non-hydrogen) atoms. The summed E-state index contributed by atoms with van der Waals surface area (Å²) in [6.07, 6.45) is 6.48. The van der Waals surface area contributed by atoms with Crippen molar-refractivity contribution in [2.45, 2.75) is 44.6 Å². The van der Waals surface area contributed by atoms with Crippen molar-refractivity contribution in [3.05, 3.63) is 65.7 Å². The number of anilines is 1. The molecule has 0 bridgehead atoms. The third-order valence-electron chi connectivity index (χ3n) is 5.39. The highest BCUT2D eigenvalue weighted by atomic mass is 32.2. The second kappa shape index (κ2) is 9.96. The second-order valence-corrected chi connectivity index (χ2v) is 8.49. The number of benzene rings is 2. The van der Waals surface area contributed by atoms with E-state index >= 15 is 0 Å². The van der Waals surface area contributed by atoms with Crippen molar-refractivity contribution < 1.29 is 13.6 Å². The van der Waals surface area contributed by atoms with Crippen LogP contribution in [-0.4, -0.2) is 32.6 Å². The van der Waals surface area contributed by atoms with E-state index in [9.17, 15) is 13.6 Å². The number of nitrogens with zero attached hydrogens (tertiary/aromatic N) is 2. The molecule has 2 aromatic rings. The van der Waals surface area contributed by atoms with E-state index in [0.29, 0.717) is 12.5 Å². The van der Waals surface area contributed by atoms with Gasteiger partial charge in [0.15, 0.2) is 0 Å². The van der Waals surface area contributed by atoms with Gasteiger partial charge < -0.3 is 4.90 Å². The fourth-order valence-electron chi connectivity index (χ4n) is 3.78. The first-order valence-corrected chi connectivity index (χ1v) is 10.9. The first-order valence-electron chi connectivity index (χ1n) is 9.81. The summed E-state index contributed by atoms with van der Waals surface area (Å²) >= 11 is -2.17. The molecule has 1 saturated carbocycles. The van der Waals surface area contributed by atoms with Crippen molar-refractivity contribution in [2.75, 3.05) is 18.5 Å². The van der Waals surface area contributed by atoms with Crippen LogP contribution < -0.4 is 4.90 Å². The Morgan fingerprint density at radius 1 is 1.04 bits per heavy atom. The number of amides is 1. The zero-order valence-corrected chi connectivity index (χ0v) is 17.1. The van der Waals surface area contributed by atoms with E-state index in [1.165, 1.54) is 44.7 Å². The van der Waals surface area contributed by atoms with Gasteiger partial charge in [-0.25, -0.2) is 4.21 Å². The van der Waals surface area contributed by atoms with Gasteiger partial charge in [-0.2, -0.15) is 4.31 Å². The fraction of sp³-hybridized carbons (Fsp3) is 0.409. The lowest BCUT2D eigenvalue weighted by Crippen LogP contribution is -2.39. The lowest BCUT2D eigenvalue weighted by atomic mass is 9.84. The molecule has 0 aliphatic heterocycles. The lowest BCUT2D eigenvalue weighted by molar-refractivity contribution is -0.118. The van der Waals surface area contributed by atoms with Crippen LogP contribution in [0.3, 0.4) is 0 Å². The van der Waals surface area contributed by atoms with Gasteiger partial charge >= 0.3 is 0 Å². The molecule has 1 aliphatic carbocycles. The molecule has 1 aliphatic rings. The third kappa shape index (κ3) is 5.50. The predicted molar refractivity (Wildman–Crippen MR) is 113 cm³/mol. The molecular weight excluding hydrogens is 372 g/mol. The third-order valence-corrected chi connectivity index (χ3v) is 6.05. The summed E-state index contributed by atoms with van der Waals surface area (Å²) in [5.41, 5.74) is 3.21. The number of carbonyl (C=O) groups is 1. The van der Waals surface area contributed by atoms with E-state index in [-0.39, 0.29) is 12.5 Å². The zero-order chi connectivity index (χ0) is 19.9. The van der Waals surface area contributed by atoms with Gasteiger partial charge in [0, 0.05) is 12.7 Å². The molecular formula is C22H28N2O3S. The summed E-state index contributed by atoms with van der Waals surface area (Å²) in [6.45, 7) is 0.303. The molecule has 1 atom stereocenters. The maximum atomic E-state index is 12.8. The Morgan fingerprint density at radius 3 is 2.29 bits per heavy atom. The highest BCUT2D eigenvalue weighted by molar-refractivity contribution is 7.76. The predicted octanol–water partition coefficient (Wildman–Crippen LogP) is 4.34. The maximum Gasteiger partial charge on any atom is 0.242 e. The lowest BCUT2D eigenvalue weighted by Gasteiger charge is -2.25. The van der Waals surface area contributed by atoms with Crippen LogP contribution >= 0.6 is 0 Å². The summed E-state index contributed by atoms with van der Waals surface area (Å²) in [6, 6.07) is 18.0. The topological polar surface area (TPSA) is 60.9 Å². The first-order chi connectivity index (χ1) is 13.5. The molecule has 0 aromatic heterocycles. The van der Waals surface area contributed by atoms with E-state index in [2.05, 4.69) is 24.3 Å². The zero-order valence-electron chi connectivity index (χ0n) is 16.3. The fourth-order valence-corrected chi connectivity index (χ4v) is 4.00. The van der Waals surface area contributed by atoms with Gasteiger partial charge in [-0.1, -0.05) is 61.7 Å². The van der Waals surface area contributed by atoms with E-state index in [1.807, 2.05) is 30.3 Å². The van der Waals surface area contributed by atoms with Crippen molar-refractivity contribution in [3.8, 4) is 0 Å². The van der Waals surface area contributed by atoms with Crippen LogP contribution in [0.25, 0.3) is 0 Å². The molecule has 5 nitrogen and oxygen atoms in total. The highest BCUT2D eigenvalue weighted by Gasteiger charge is 2.20. The molecule has 2 aromatic carbocycles. The molecule has 1 amide bonds. The highest BCUT2D eigenvalue weighted by Crippen LogP contribution is 2.32. The molecule has 0 spiro atoms. The molecule has 150 valence electrons. The number of para-hydroxylation sites is 1.